The minimum absolute atomic E-state index is 0.0618. The number of ketones is 1. The zero-order valence-corrected chi connectivity index (χ0v) is 19.5. The fraction of sp³-hybridized carbons (Fsp3) is 0.207. The van der Waals surface area contributed by atoms with Crippen LogP contribution in [-0.2, 0) is 14.4 Å². The summed E-state index contributed by atoms with van der Waals surface area (Å²) in [4.78, 5) is 43.3. The van der Waals surface area contributed by atoms with E-state index in [9.17, 15) is 14.4 Å². The van der Waals surface area contributed by atoms with Gasteiger partial charge in [0, 0.05) is 0 Å². The number of allylic oxidation sites excluding steroid dienone is 2. The van der Waals surface area contributed by atoms with Gasteiger partial charge >= 0.3 is 0 Å². The normalized spacial score (nSPS) is 29.9. The van der Waals surface area contributed by atoms with Gasteiger partial charge in [0.2, 0.25) is 11.8 Å². The standard InChI is InChI=1S/C29H22ClNO3/c1-28-21(17-11-5-3-6-12-17)22(18-13-7-4-8-14-18)29(2,27(28)34)24-23(28)25(32)31(26(24)33)20-16-10-9-15-19(20)30/h3-16,23-24H,1-2H3/t23-,24-,28-,29-/m0/s1. The van der Waals surface area contributed by atoms with E-state index in [4.69, 9.17) is 11.6 Å². The quantitative estimate of drug-likeness (QED) is 0.466. The van der Waals surface area contributed by atoms with Crippen molar-refractivity contribution in [2.45, 2.75) is 13.8 Å². The van der Waals surface area contributed by atoms with Crippen molar-refractivity contribution in [1.29, 1.82) is 0 Å². The molecule has 1 aliphatic heterocycles. The maximum atomic E-state index is 14.2. The van der Waals surface area contributed by atoms with Gasteiger partial charge in [-0.05, 0) is 48.3 Å². The second-order valence-corrected chi connectivity index (χ2v) is 10.0. The number of hydrogen-bond donors (Lipinski definition) is 0. The van der Waals surface area contributed by atoms with E-state index in [1.807, 2.05) is 74.5 Å². The Bertz CT molecular complexity index is 1330. The lowest BCUT2D eigenvalue weighted by atomic mass is 9.63. The van der Waals surface area contributed by atoms with E-state index in [-0.39, 0.29) is 17.6 Å². The number of carbonyl (C=O) groups is 3. The van der Waals surface area contributed by atoms with Crippen LogP contribution in [0, 0.1) is 22.7 Å². The summed E-state index contributed by atoms with van der Waals surface area (Å²) in [5.41, 5.74) is 1.59. The van der Waals surface area contributed by atoms with E-state index in [1.54, 1.807) is 24.3 Å². The average molecular weight is 468 g/mol. The van der Waals surface area contributed by atoms with E-state index >= 15 is 0 Å². The third kappa shape index (κ3) is 2.36. The van der Waals surface area contributed by atoms with Crippen LogP contribution in [0.2, 0.25) is 5.02 Å². The van der Waals surface area contributed by atoms with Crippen LogP contribution >= 0.6 is 11.6 Å². The lowest BCUT2D eigenvalue weighted by Gasteiger charge is -2.35. The van der Waals surface area contributed by atoms with Crippen LogP contribution in [-0.4, -0.2) is 17.6 Å². The molecule has 0 radical (unpaired) electrons. The predicted molar refractivity (Wildman–Crippen MR) is 132 cm³/mol. The first-order valence-electron chi connectivity index (χ1n) is 11.4. The molecule has 3 aromatic rings. The predicted octanol–water partition coefficient (Wildman–Crippen LogP) is 5.67. The largest absolute Gasteiger partial charge is 0.298 e. The Morgan fingerprint density at radius 1 is 0.647 bits per heavy atom. The van der Waals surface area contributed by atoms with Crippen molar-refractivity contribution in [3.63, 3.8) is 0 Å². The van der Waals surface area contributed by atoms with Gasteiger partial charge in [0.05, 0.1) is 33.4 Å². The van der Waals surface area contributed by atoms with Crippen LogP contribution < -0.4 is 4.90 Å². The SMILES string of the molecule is C[C@]12C(=O)[C@@](C)(C(c3ccccc3)=C1c1ccccc1)[C@@H]1C(=O)N(c3ccccc3Cl)C(=O)[C@H]12. The molecule has 4 atom stereocenters. The van der Waals surface area contributed by atoms with Gasteiger partial charge in [-0.3, -0.25) is 14.4 Å². The van der Waals surface area contributed by atoms with Crippen LogP contribution in [0.15, 0.2) is 84.9 Å². The zero-order valence-electron chi connectivity index (χ0n) is 18.8. The van der Waals surface area contributed by atoms with Gasteiger partial charge in [0.15, 0.2) is 5.78 Å². The first-order chi connectivity index (χ1) is 16.3. The van der Waals surface area contributed by atoms with Crippen molar-refractivity contribution in [1.82, 2.24) is 0 Å². The summed E-state index contributed by atoms with van der Waals surface area (Å²) in [5, 5.41) is 0.331. The van der Waals surface area contributed by atoms with Crippen molar-refractivity contribution < 1.29 is 14.4 Å². The summed E-state index contributed by atoms with van der Waals surface area (Å²) in [7, 11) is 0. The van der Waals surface area contributed by atoms with Crippen molar-refractivity contribution in [2.24, 2.45) is 22.7 Å². The number of amides is 2. The topological polar surface area (TPSA) is 54.5 Å². The molecular formula is C29H22ClNO3. The van der Waals surface area contributed by atoms with E-state index in [0.29, 0.717) is 10.7 Å². The third-order valence-electron chi connectivity index (χ3n) is 8.00. The third-order valence-corrected chi connectivity index (χ3v) is 8.32. The Labute approximate surface area is 202 Å². The molecule has 5 heteroatoms. The molecule has 1 heterocycles. The van der Waals surface area contributed by atoms with Crippen molar-refractivity contribution in [3.05, 3.63) is 101 Å². The highest BCUT2D eigenvalue weighted by atomic mass is 35.5. The van der Waals surface area contributed by atoms with Crippen LogP contribution in [0.3, 0.4) is 0 Å². The summed E-state index contributed by atoms with van der Waals surface area (Å²) in [6.07, 6.45) is 0. The molecule has 1 saturated heterocycles. The second-order valence-electron chi connectivity index (χ2n) is 9.63. The number of para-hydroxylation sites is 1. The number of rotatable bonds is 3. The summed E-state index contributed by atoms with van der Waals surface area (Å²) >= 11 is 6.40. The summed E-state index contributed by atoms with van der Waals surface area (Å²) in [5.74, 6) is -2.34. The Kier molecular flexibility index (Phi) is 4.34. The maximum Gasteiger partial charge on any atom is 0.239 e. The molecule has 2 aliphatic carbocycles. The molecule has 0 spiro atoms. The van der Waals surface area contributed by atoms with Crippen molar-refractivity contribution >= 4 is 46.0 Å². The number of anilines is 1. The van der Waals surface area contributed by atoms with Gasteiger partial charge in [0.1, 0.15) is 0 Å². The fourth-order valence-corrected chi connectivity index (χ4v) is 6.90. The lowest BCUT2D eigenvalue weighted by molar-refractivity contribution is -0.133. The molecule has 6 rings (SSSR count). The van der Waals surface area contributed by atoms with Crippen molar-refractivity contribution in [3.8, 4) is 0 Å². The Morgan fingerprint density at radius 2 is 1.06 bits per heavy atom. The highest BCUT2D eigenvalue weighted by molar-refractivity contribution is 6.38. The second kappa shape index (κ2) is 7.00. The van der Waals surface area contributed by atoms with E-state index in [2.05, 4.69) is 0 Å². The van der Waals surface area contributed by atoms with Gasteiger partial charge in [0.25, 0.3) is 0 Å². The highest BCUT2D eigenvalue weighted by Gasteiger charge is 2.79. The van der Waals surface area contributed by atoms with Gasteiger partial charge in [-0.25, -0.2) is 4.90 Å². The number of Topliss-reactive ketones (excluding diaryl/α,β-unsaturated/α-hetero) is 1. The molecule has 2 fully saturated rings. The molecule has 34 heavy (non-hydrogen) atoms. The van der Waals surface area contributed by atoms with Gasteiger partial charge in [-0.15, -0.1) is 0 Å². The zero-order chi connectivity index (χ0) is 23.8. The molecule has 0 aromatic heterocycles. The minimum Gasteiger partial charge on any atom is -0.298 e. The lowest BCUT2D eigenvalue weighted by Crippen LogP contribution is -2.40. The molecule has 2 amide bonds. The number of benzene rings is 3. The Balaban J connectivity index is 1.64. The number of hydrogen-bond acceptors (Lipinski definition) is 3. The Hall–Kier alpha value is -3.50. The number of carbonyl (C=O) groups excluding carboxylic acids is 3. The molecule has 4 nitrogen and oxygen atoms in total. The monoisotopic (exact) mass is 467 g/mol. The number of imide groups is 1. The summed E-state index contributed by atoms with van der Waals surface area (Å²) < 4.78 is 0. The Morgan fingerprint density at radius 3 is 1.50 bits per heavy atom. The molecule has 1 saturated carbocycles. The van der Waals surface area contributed by atoms with Crippen LogP contribution in [0.4, 0.5) is 5.69 Å². The maximum absolute atomic E-state index is 14.2. The van der Waals surface area contributed by atoms with Crippen LogP contribution in [0.5, 0.6) is 0 Å². The number of nitrogens with zero attached hydrogens (tertiary/aromatic N) is 1. The fourth-order valence-electron chi connectivity index (χ4n) is 6.68. The molecule has 3 aromatic carbocycles. The van der Waals surface area contributed by atoms with Crippen molar-refractivity contribution in [2.75, 3.05) is 4.90 Å². The molecular weight excluding hydrogens is 446 g/mol. The molecule has 0 unspecified atom stereocenters. The average Bonchev–Trinajstić information content (AvgIpc) is 3.30. The number of halogens is 1. The molecule has 0 N–H and O–H groups in total. The highest BCUT2D eigenvalue weighted by Crippen LogP contribution is 2.73. The van der Waals surface area contributed by atoms with Crippen LogP contribution in [0.25, 0.3) is 11.1 Å². The molecule has 168 valence electrons. The molecule has 3 aliphatic rings. The summed E-state index contributed by atoms with van der Waals surface area (Å²) in [6.45, 7) is 3.69. The number of fused-ring (bicyclic) bond motifs is 5. The van der Waals surface area contributed by atoms with E-state index in [1.165, 1.54) is 4.90 Å². The van der Waals surface area contributed by atoms with Gasteiger partial charge < -0.3 is 0 Å². The first-order valence-corrected chi connectivity index (χ1v) is 11.7. The minimum atomic E-state index is -1.13. The summed E-state index contributed by atoms with van der Waals surface area (Å²) in [6, 6.07) is 26.3. The molecule has 2 bridgehead atoms. The van der Waals surface area contributed by atoms with E-state index < -0.39 is 22.7 Å². The smallest absolute Gasteiger partial charge is 0.239 e. The van der Waals surface area contributed by atoms with Crippen LogP contribution in [0.1, 0.15) is 25.0 Å². The van der Waals surface area contributed by atoms with E-state index in [0.717, 1.165) is 22.3 Å². The van der Waals surface area contributed by atoms with Gasteiger partial charge in [-0.1, -0.05) is 84.4 Å². The first kappa shape index (κ1) is 21.1. The van der Waals surface area contributed by atoms with Gasteiger partial charge in [-0.2, -0.15) is 0 Å².